The van der Waals surface area contributed by atoms with Crippen molar-refractivity contribution in [1.29, 1.82) is 0 Å². The fourth-order valence-electron chi connectivity index (χ4n) is 2.57. The molecule has 1 atom stereocenters. The van der Waals surface area contributed by atoms with Crippen molar-refractivity contribution >= 4 is 27.5 Å². The van der Waals surface area contributed by atoms with Gasteiger partial charge >= 0.3 is 0 Å². The molecule has 0 spiro atoms. The van der Waals surface area contributed by atoms with E-state index in [4.69, 9.17) is 21.1 Å². The second-order valence-electron chi connectivity index (χ2n) is 5.67. The van der Waals surface area contributed by atoms with Gasteiger partial charge in [0.05, 0.1) is 29.7 Å². The van der Waals surface area contributed by atoms with E-state index in [0.717, 1.165) is 17.1 Å². The van der Waals surface area contributed by atoms with E-state index in [9.17, 15) is 13.2 Å². The Morgan fingerprint density at radius 2 is 2.24 bits per heavy atom. The average molecular weight is 391 g/mol. The van der Waals surface area contributed by atoms with Gasteiger partial charge in [-0.1, -0.05) is 18.5 Å². The van der Waals surface area contributed by atoms with E-state index in [1.807, 2.05) is 0 Å². The lowest BCUT2D eigenvalue weighted by Crippen LogP contribution is -2.42. The predicted molar refractivity (Wildman–Crippen MR) is 94.4 cm³/mol. The summed E-state index contributed by atoms with van der Waals surface area (Å²) >= 11 is 6.01. The number of sulfonamides is 1. The normalized spacial score (nSPS) is 17.7. The Morgan fingerprint density at radius 3 is 2.80 bits per heavy atom. The van der Waals surface area contributed by atoms with E-state index in [0.29, 0.717) is 18.9 Å². The van der Waals surface area contributed by atoms with Crippen LogP contribution in [0.25, 0.3) is 0 Å². The predicted octanol–water partition coefficient (Wildman–Crippen LogP) is 1.65. The number of nitrogens with one attached hydrogen (secondary N) is 1. The molecule has 2 rings (SSSR count). The highest BCUT2D eigenvalue weighted by atomic mass is 35.5. The van der Waals surface area contributed by atoms with Gasteiger partial charge in [0, 0.05) is 19.7 Å². The van der Waals surface area contributed by atoms with Crippen molar-refractivity contribution in [3.8, 4) is 5.75 Å². The van der Waals surface area contributed by atoms with Crippen LogP contribution in [-0.2, 0) is 19.6 Å². The Balaban J connectivity index is 2.04. The molecule has 1 saturated heterocycles. The van der Waals surface area contributed by atoms with E-state index in [2.05, 4.69) is 5.32 Å². The van der Waals surface area contributed by atoms with E-state index in [-0.39, 0.29) is 35.0 Å². The number of likely N-dealkylation sites (N-methyl/N-ethyl adjacent to an activating group) is 1. The van der Waals surface area contributed by atoms with Crippen molar-refractivity contribution in [2.24, 2.45) is 0 Å². The van der Waals surface area contributed by atoms with Gasteiger partial charge in [0.15, 0.2) is 0 Å². The van der Waals surface area contributed by atoms with Gasteiger partial charge in [-0.25, -0.2) is 8.42 Å². The third-order valence-electron chi connectivity index (χ3n) is 3.98. The monoisotopic (exact) mass is 390 g/mol. The molecule has 0 aromatic heterocycles. The van der Waals surface area contributed by atoms with Crippen LogP contribution >= 0.6 is 11.6 Å². The Kier molecular flexibility index (Phi) is 7.06. The molecule has 1 aliphatic rings. The van der Waals surface area contributed by atoms with Crippen molar-refractivity contribution < 1.29 is 22.7 Å². The number of hydrogen-bond acceptors (Lipinski definition) is 5. The molecular formula is C16H23ClN2O5S. The zero-order valence-corrected chi connectivity index (χ0v) is 15.9. The zero-order valence-electron chi connectivity index (χ0n) is 14.3. The number of methoxy groups -OCH3 is 1. The molecule has 1 heterocycles. The first-order valence-corrected chi connectivity index (χ1v) is 9.92. The minimum atomic E-state index is -3.83. The van der Waals surface area contributed by atoms with Crippen molar-refractivity contribution in [2.45, 2.75) is 30.8 Å². The molecule has 25 heavy (non-hydrogen) atoms. The summed E-state index contributed by atoms with van der Waals surface area (Å²) in [6.07, 6.45) is 1.89. The Morgan fingerprint density at radius 1 is 1.48 bits per heavy atom. The van der Waals surface area contributed by atoms with E-state index in [1.54, 1.807) is 6.92 Å². The summed E-state index contributed by atoms with van der Waals surface area (Å²) in [6, 6.07) is 4.22. The third kappa shape index (κ3) is 5.07. The number of carbonyl (C=O) groups excluding carboxylic acids is 1. The van der Waals surface area contributed by atoms with Gasteiger partial charge < -0.3 is 14.8 Å². The van der Waals surface area contributed by atoms with Gasteiger partial charge in [-0.2, -0.15) is 4.31 Å². The Hall–Kier alpha value is -1.35. The molecule has 1 aliphatic heterocycles. The Bertz CT molecular complexity index is 704. The number of benzene rings is 1. The van der Waals surface area contributed by atoms with Crippen LogP contribution < -0.4 is 10.1 Å². The van der Waals surface area contributed by atoms with Gasteiger partial charge in [-0.05, 0) is 31.0 Å². The number of hydrogen-bond donors (Lipinski definition) is 1. The number of ether oxygens (including phenoxy) is 2. The maximum absolute atomic E-state index is 12.7. The molecule has 0 bridgehead atoms. The number of nitrogens with zero attached hydrogens (tertiary/aromatic N) is 1. The first kappa shape index (κ1) is 20.0. The summed E-state index contributed by atoms with van der Waals surface area (Å²) in [5.74, 6) is 0.0264. The van der Waals surface area contributed by atoms with E-state index >= 15 is 0 Å². The van der Waals surface area contributed by atoms with Crippen LogP contribution in [0, 0.1) is 0 Å². The minimum absolute atomic E-state index is 0.0102. The lowest BCUT2D eigenvalue weighted by molar-refractivity contribution is -0.121. The van der Waals surface area contributed by atoms with Crippen LogP contribution in [0.2, 0.25) is 5.02 Å². The fraction of sp³-hybridized carbons (Fsp3) is 0.562. The molecular weight excluding hydrogens is 368 g/mol. The molecule has 1 aromatic rings. The second kappa shape index (κ2) is 8.84. The minimum Gasteiger partial charge on any atom is -0.495 e. The van der Waals surface area contributed by atoms with Gasteiger partial charge in [0.2, 0.25) is 15.9 Å². The highest BCUT2D eigenvalue weighted by Gasteiger charge is 2.26. The summed E-state index contributed by atoms with van der Waals surface area (Å²) in [4.78, 5) is 12.1. The van der Waals surface area contributed by atoms with Gasteiger partial charge in [0.25, 0.3) is 0 Å². The fourth-order valence-corrected chi connectivity index (χ4v) is 4.33. The summed E-state index contributed by atoms with van der Waals surface area (Å²) in [5, 5.41) is 2.92. The van der Waals surface area contributed by atoms with Crippen LogP contribution in [0.15, 0.2) is 23.1 Å². The molecule has 0 saturated carbocycles. The molecule has 9 heteroatoms. The summed E-state index contributed by atoms with van der Waals surface area (Å²) in [6.45, 7) is 2.68. The topological polar surface area (TPSA) is 84.9 Å². The second-order valence-corrected chi connectivity index (χ2v) is 8.01. The quantitative estimate of drug-likeness (QED) is 0.729. The van der Waals surface area contributed by atoms with Crippen molar-refractivity contribution in [3.05, 3.63) is 23.2 Å². The standard InChI is InChI=1S/C16H23ClN2O5S/c1-3-19(11-16(20)18-10-12-5-4-8-24-12)25(21,22)13-6-7-15(23-2)14(17)9-13/h6-7,9,12H,3-5,8,10-11H2,1-2H3,(H,18,20)/t12-/m1/s1. The largest absolute Gasteiger partial charge is 0.495 e. The molecule has 140 valence electrons. The van der Waals surface area contributed by atoms with Crippen LogP contribution in [0.1, 0.15) is 19.8 Å². The van der Waals surface area contributed by atoms with E-state index < -0.39 is 10.0 Å². The number of carbonyl (C=O) groups is 1. The maximum atomic E-state index is 12.7. The van der Waals surface area contributed by atoms with Crippen molar-refractivity contribution in [3.63, 3.8) is 0 Å². The number of rotatable bonds is 8. The maximum Gasteiger partial charge on any atom is 0.243 e. The number of amides is 1. The first-order valence-electron chi connectivity index (χ1n) is 8.10. The molecule has 1 N–H and O–H groups in total. The van der Waals surface area contributed by atoms with Crippen LogP contribution in [0.4, 0.5) is 0 Å². The summed E-state index contributed by atoms with van der Waals surface area (Å²) in [5.41, 5.74) is 0. The molecule has 1 amide bonds. The summed E-state index contributed by atoms with van der Waals surface area (Å²) in [7, 11) is -2.38. The molecule has 1 aromatic carbocycles. The van der Waals surface area contributed by atoms with E-state index in [1.165, 1.54) is 25.3 Å². The summed E-state index contributed by atoms with van der Waals surface area (Å²) < 4.78 is 37.0. The first-order chi connectivity index (χ1) is 11.9. The molecule has 1 fully saturated rings. The van der Waals surface area contributed by atoms with Crippen LogP contribution in [0.3, 0.4) is 0 Å². The van der Waals surface area contributed by atoms with Crippen molar-refractivity contribution in [2.75, 3.05) is 33.4 Å². The van der Waals surface area contributed by atoms with Crippen molar-refractivity contribution in [1.82, 2.24) is 9.62 Å². The zero-order chi connectivity index (χ0) is 18.4. The van der Waals surface area contributed by atoms with Gasteiger partial charge in [-0.15, -0.1) is 0 Å². The van der Waals surface area contributed by atoms with Gasteiger partial charge in [-0.3, -0.25) is 4.79 Å². The third-order valence-corrected chi connectivity index (χ3v) is 6.20. The van der Waals surface area contributed by atoms with Gasteiger partial charge in [0.1, 0.15) is 5.75 Å². The van der Waals surface area contributed by atoms with Crippen LogP contribution in [-0.4, -0.2) is 58.1 Å². The highest BCUT2D eigenvalue weighted by Crippen LogP contribution is 2.28. The van der Waals surface area contributed by atoms with Crippen LogP contribution in [0.5, 0.6) is 5.75 Å². The number of halogens is 1. The smallest absolute Gasteiger partial charge is 0.243 e. The SMILES string of the molecule is CCN(CC(=O)NC[C@H]1CCCO1)S(=O)(=O)c1ccc(OC)c(Cl)c1. The highest BCUT2D eigenvalue weighted by molar-refractivity contribution is 7.89. The molecule has 0 radical (unpaired) electrons. The lowest BCUT2D eigenvalue weighted by atomic mass is 10.2. The molecule has 0 aliphatic carbocycles. The molecule has 7 nitrogen and oxygen atoms in total. The Labute approximate surface area is 153 Å². The molecule has 0 unspecified atom stereocenters. The average Bonchev–Trinajstić information content (AvgIpc) is 3.11. The lowest BCUT2D eigenvalue weighted by Gasteiger charge is -2.21.